The highest BCUT2D eigenvalue weighted by atomic mass is 79.9. The van der Waals surface area contributed by atoms with Crippen LogP contribution in [0.2, 0.25) is 0 Å². The fourth-order valence-electron chi connectivity index (χ4n) is 1.88. The Morgan fingerprint density at radius 2 is 1.65 bits per heavy atom. The summed E-state index contributed by atoms with van der Waals surface area (Å²) in [7, 11) is -3.70. The molecule has 0 aliphatic carbocycles. The Balaban J connectivity index is 1.99. The van der Waals surface area contributed by atoms with Crippen LogP contribution in [0.25, 0.3) is 0 Å². The minimum absolute atomic E-state index is 0.132. The zero-order valence-electron chi connectivity index (χ0n) is 12.8. The van der Waals surface area contributed by atoms with Crippen LogP contribution in [0.3, 0.4) is 0 Å². The second-order valence-electron chi connectivity index (χ2n) is 5.17. The predicted molar refractivity (Wildman–Crippen MR) is 93.9 cm³/mol. The van der Waals surface area contributed by atoms with Crippen molar-refractivity contribution in [2.24, 2.45) is 0 Å². The van der Waals surface area contributed by atoms with Crippen LogP contribution in [0, 0.1) is 13.8 Å². The Morgan fingerprint density at radius 3 is 2.26 bits per heavy atom. The quantitative estimate of drug-likeness (QED) is 0.815. The van der Waals surface area contributed by atoms with E-state index in [4.69, 9.17) is 0 Å². The van der Waals surface area contributed by atoms with Crippen LogP contribution in [-0.2, 0) is 14.8 Å². The van der Waals surface area contributed by atoms with Crippen molar-refractivity contribution in [2.75, 3.05) is 11.9 Å². The average molecular weight is 397 g/mol. The standard InChI is InChI=1S/C16H17BrN2O3S/c1-11-3-6-13(7-4-11)23(21,22)18-10-16(20)19-15-8-5-12(2)9-14(15)17/h3-9,18H,10H2,1-2H3,(H,19,20). The zero-order valence-corrected chi connectivity index (χ0v) is 15.2. The number of aryl methyl sites for hydroxylation is 2. The fraction of sp³-hybridized carbons (Fsp3) is 0.188. The lowest BCUT2D eigenvalue weighted by Gasteiger charge is -2.10. The Morgan fingerprint density at radius 1 is 1.04 bits per heavy atom. The minimum atomic E-state index is -3.70. The molecule has 0 atom stereocenters. The van der Waals surface area contributed by atoms with Gasteiger partial charge in [-0.2, -0.15) is 0 Å². The molecule has 0 unspecified atom stereocenters. The van der Waals surface area contributed by atoms with E-state index in [0.717, 1.165) is 15.6 Å². The van der Waals surface area contributed by atoms with E-state index < -0.39 is 15.9 Å². The summed E-state index contributed by atoms with van der Waals surface area (Å²) in [6, 6.07) is 11.9. The first-order chi connectivity index (χ1) is 10.8. The van der Waals surface area contributed by atoms with E-state index in [1.807, 2.05) is 26.0 Å². The molecule has 0 heterocycles. The Hall–Kier alpha value is -1.70. The minimum Gasteiger partial charge on any atom is -0.324 e. The van der Waals surface area contributed by atoms with Gasteiger partial charge in [-0.05, 0) is 59.6 Å². The molecular formula is C16H17BrN2O3S. The molecule has 7 heteroatoms. The lowest BCUT2D eigenvalue weighted by molar-refractivity contribution is -0.115. The first-order valence-corrected chi connectivity index (χ1v) is 9.18. The number of carbonyl (C=O) groups is 1. The molecule has 5 nitrogen and oxygen atoms in total. The second-order valence-corrected chi connectivity index (χ2v) is 7.79. The van der Waals surface area contributed by atoms with Gasteiger partial charge in [0.1, 0.15) is 0 Å². The predicted octanol–water partition coefficient (Wildman–Crippen LogP) is 2.98. The molecular weight excluding hydrogens is 380 g/mol. The van der Waals surface area contributed by atoms with Crippen molar-refractivity contribution >= 4 is 37.5 Å². The summed E-state index contributed by atoms with van der Waals surface area (Å²) in [5, 5.41) is 2.66. The second kappa shape index (κ2) is 7.25. The number of nitrogens with one attached hydrogen (secondary N) is 2. The maximum Gasteiger partial charge on any atom is 0.241 e. The summed E-state index contributed by atoms with van der Waals surface area (Å²) in [4.78, 5) is 12.1. The van der Waals surface area contributed by atoms with Crippen molar-refractivity contribution < 1.29 is 13.2 Å². The Bertz CT molecular complexity index is 818. The van der Waals surface area contributed by atoms with Gasteiger partial charge in [0, 0.05) is 4.47 Å². The summed E-state index contributed by atoms with van der Waals surface area (Å²) in [5.74, 6) is -0.440. The molecule has 0 aliphatic heterocycles. The van der Waals surface area contributed by atoms with E-state index in [0.29, 0.717) is 5.69 Å². The number of benzene rings is 2. The summed E-state index contributed by atoms with van der Waals surface area (Å²) in [6.07, 6.45) is 0. The number of rotatable bonds is 5. The largest absolute Gasteiger partial charge is 0.324 e. The molecule has 2 aromatic rings. The third-order valence-electron chi connectivity index (χ3n) is 3.15. The van der Waals surface area contributed by atoms with Crippen LogP contribution in [0.4, 0.5) is 5.69 Å². The van der Waals surface area contributed by atoms with Crippen LogP contribution in [-0.4, -0.2) is 20.9 Å². The highest BCUT2D eigenvalue weighted by molar-refractivity contribution is 9.10. The molecule has 0 aromatic heterocycles. The van der Waals surface area contributed by atoms with E-state index in [2.05, 4.69) is 26.0 Å². The van der Waals surface area contributed by atoms with Gasteiger partial charge in [0.25, 0.3) is 0 Å². The molecule has 0 bridgehead atoms. The Kier molecular flexibility index (Phi) is 5.56. The lowest BCUT2D eigenvalue weighted by Crippen LogP contribution is -2.33. The van der Waals surface area contributed by atoms with Crippen LogP contribution in [0.5, 0.6) is 0 Å². The van der Waals surface area contributed by atoms with Gasteiger partial charge >= 0.3 is 0 Å². The van der Waals surface area contributed by atoms with Gasteiger partial charge in [-0.1, -0.05) is 23.8 Å². The van der Waals surface area contributed by atoms with Crippen LogP contribution in [0.15, 0.2) is 51.8 Å². The first kappa shape index (κ1) is 17.7. The molecule has 0 radical (unpaired) electrons. The fourth-order valence-corrected chi connectivity index (χ4v) is 3.45. The van der Waals surface area contributed by atoms with Gasteiger partial charge in [-0.3, -0.25) is 4.79 Å². The van der Waals surface area contributed by atoms with Gasteiger partial charge in [0.05, 0.1) is 17.1 Å². The molecule has 23 heavy (non-hydrogen) atoms. The summed E-state index contributed by atoms with van der Waals surface area (Å²) in [5.41, 5.74) is 2.61. The molecule has 2 rings (SSSR count). The molecule has 1 amide bonds. The number of hydrogen-bond donors (Lipinski definition) is 2. The van der Waals surface area contributed by atoms with E-state index in [1.165, 1.54) is 12.1 Å². The van der Waals surface area contributed by atoms with Gasteiger partial charge in [0.2, 0.25) is 15.9 Å². The smallest absolute Gasteiger partial charge is 0.241 e. The van der Waals surface area contributed by atoms with Gasteiger partial charge in [0.15, 0.2) is 0 Å². The van der Waals surface area contributed by atoms with Gasteiger partial charge in [-0.15, -0.1) is 0 Å². The monoisotopic (exact) mass is 396 g/mol. The van der Waals surface area contributed by atoms with Gasteiger partial charge < -0.3 is 5.32 Å². The highest BCUT2D eigenvalue weighted by Crippen LogP contribution is 2.23. The average Bonchev–Trinajstić information content (AvgIpc) is 2.49. The molecule has 0 fully saturated rings. The van der Waals surface area contributed by atoms with Crippen molar-refractivity contribution in [3.8, 4) is 0 Å². The van der Waals surface area contributed by atoms with Gasteiger partial charge in [-0.25, -0.2) is 13.1 Å². The number of hydrogen-bond acceptors (Lipinski definition) is 3. The number of anilines is 1. The van der Waals surface area contributed by atoms with Crippen molar-refractivity contribution in [3.63, 3.8) is 0 Å². The molecule has 2 aromatic carbocycles. The van der Waals surface area contributed by atoms with Crippen LogP contribution < -0.4 is 10.0 Å². The highest BCUT2D eigenvalue weighted by Gasteiger charge is 2.15. The number of halogens is 1. The molecule has 0 saturated heterocycles. The topological polar surface area (TPSA) is 75.3 Å². The van der Waals surface area contributed by atoms with E-state index in [1.54, 1.807) is 18.2 Å². The molecule has 0 aliphatic rings. The number of sulfonamides is 1. The summed E-state index contributed by atoms with van der Waals surface area (Å²) < 4.78 is 27.3. The molecule has 0 spiro atoms. The lowest BCUT2D eigenvalue weighted by atomic mass is 10.2. The van der Waals surface area contributed by atoms with Crippen molar-refractivity contribution in [1.29, 1.82) is 0 Å². The third kappa shape index (κ3) is 4.89. The van der Waals surface area contributed by atoms with Crippen LogP contribution in [0.1, 0.15) is 11.1 Å². The summed E-state index contributed by atoms with van der Waals surface area (Å²) in [6.45, 7) is 3.47. The maximum absolute atomic E-state index is 12.1. The van der Waals surface area contributed by atoms with E-state index in [9.17, 15) is 13.2 Å². The van der Waals surface area contributed by atoms with Crippen molar-refractivity contribution in [3.05, 3.63) is 58.1 Å². The van der Waals surface area contributed by atoms with Crippen molar-refractivity contribution in [1.82, 2.24) is 4.72 Å². The third-order valence-corrected chi connectivity index (χ3v) is 5.23. The first-order valence-electron chi connectivity index (χ1n) is 6.90. The zero-order chi connectivity index (χ0) is 17.0. The number of amides is 1. The normalized spacial score (nSPS) is 11.3. The van der Waals surface area contributed by atoms with E-state index >= 15 is 0 Å². The summed E-state index contributed by atoms with van der Waals surface area (Å²) >= 11 is 3.36. The van der Waals surface area contributed by atoms with E-state index in [-0.39, 0.29) is 11.4 Å². The number of carbonyl (C=O) groups excluding carboxylic acids is 1. The molecule has 2 N–H and O–H groups in total. The maximum atomic E-state index is 12.1. The van der Waals surface area contributed by atoms with Crippen LogP contribution >= 0.6 is 15.9 Å². The van der Waals surface area contributed by atoms with Crippen molar-refractivity contribution in [2.45, 2.75) is 18.7 Å². The Labute approximate surface area is 144 Å². The SMILES string of the molecule is Cc1ccc(S(=O)(=O)NCC(=O)Nc2ccc(C)cc2Br)cc1. The molecule has 122 valence electrons. The molecule has 0 saturated carbocycles.